The first-order chi connectivity index (χ1) is 12.9. The number of hydrogen-bond donors (Lipinski definition) is 1. The molecule has 0 saturated carbocycles. The minimum Gasteiger partial charge on any atom is -0.307 e. The molecule has 3 aromatic rings. The van der Waals surface area contributed by atoms with Crippen molar-refractivity contribution in [3.05, 3.63) is 70.8 Å². The SMILES string of the molecule is Cc1ccc(S(=O)(=O)n2cc(/C=C3\SC(=S)NC3=O)c3ccccc32)cc1. The largest absolute Gasteiger partial charge is 0.307 e. The van der Waals surface area contributed by atoms with Crippen molar-refractivity contribution in [3.63, 3.8) is 0 Å². The fourth-order valence-electron chi connectivity index (χ4n) is 2.88. The second-order valence-corrected chi connectivity index (χ2v) is 9.60. The first kappa shape index (κ1) is 18.0. The van der Waals surface area contributed by atoms with E-state index >= 15 is 0 Å². The van der Waals surface area contributed by atoms with Crippen molar-refractivity contribution in [2.24, 2.45) is 0 Å². The molecule has 1 amide bonds. The maximum atomic E-state index is 13.2. The number of aryl methyl sites for hydroxylation is 1. The zero-order valence-electron chi connectivity index (χ0n) is 14.2. The summed E-state index contributed by atoms with van der Waals surface area (Å²) in [7, 11) is -3.77. The fraction of sp³-hybridized carbons (Fsp3) is 0.0526. The molecule has 27 heavy (non-hydrogen) atoms. The quantitative estimate of drug-likeness (QED) is 0.523. The minimum absolute atomic E-state index is 0.210. The molecule has 0 bridgehead atoms. The summed E-state index contributed by atoms with van der Waals surface area (Å²) >= 11 is 6.18. The van der Waals surface area contributed by atoms with Crippen LogP contribution in [0, 0.1) is 6.92 Å². The van der Waals surface area contributed by atoms with E-state index in [9.17, 15) is 13.2 Å². The maximum absolute atomic E-state index is 13.2. The molecule has 136 valence electrons. The number of aromatic nitrogens is 1. The van der Waals surface area contributed by atoms with Gasteiger partial charge in [-0.2, -0.15) is 0 Å². The molecule has 1 aliphatic rings. The van der Waals surface area contributed by atoms with E-state index in [0.717, 1.165) is 22.7 Å². The standard InChI is InChI=1S/C19H14N2O3S3/c1-12-6-8-14(9-7-12)27(23,24)21-11-13(15-4-2-3-5-16(15)21)10-17-18(22)20-19(25)26-17/h2-11H,1H3,(H,20,22,25)/b17-10-. The van der Waals surface area contributed by atoms with Crippen LogP contribution in [0.5, 0.6) is 0 Å². The lowest BCUT2D eigenvalue weighted by molar-refractivity contribution is -0.115. The fourth-order valence-corrected chi connectivity index (χ4v) is 5.29. The third-order valence-electron chi connectivity index (χ3n) is 4.22. The molecule has 2 heterocycles. The first-order valence-electron chi connectivity index (χ1n) is 8.03. The van der Waals surface area contributed by atoms with Gasteiger partial charge >= 0.3 is 0 Å². The number of nitrogens with one attached hydrogen (secondary N) is 1. The Kier molecular flexibility index (Phi) is 4.41. The van der Waals surface area contributed by atoms with Gasteiger partial charge in [0.25, 0.3) is 15.9 Å². The van der Waals surface area contributed by atoms with Crippen molar-refractivity contribution in [2.75, 3.05) is 0 Å². The monoisotopic (exact) mass is 414 g/mol. The molecule has 0 aliphatic carbocycles. The van der Waals surface area contributed by atoms with Crippen LogP contribution in [0.1, 0.15) is 11.1 Å². The Morgan fingerprint density at radius 3 is 2.48 bits per heavy atom. The van der Waals surface area contributed by atoms with Crippen LogP contribution in [0.3, 0.4) is 0 Å². The van der Waals surface area contributed by atoms with E-state index in [0.29, 0.717) is 20.3 Å². The third kappa shape index (κ3) is 3.20. The van der Waals surface area contributed by atoms with Gasteiger partial charge in [0, 0.05) is 17.1 Å². The molecule has 1 fully saturated rings. The van der Waals surface area contributed by atoms with Crippen LogP contribution in [0.25, 0.3) is 17.0 Å². The average Bonchev–Trinajstić information content (AvgIpc) is 3.16. The summed E-state index contributed by atoms with van der Waals surface area (Å²) in [5.74, 6) is -0.275. The second-order valence-electron chi connectivity index (χ2n) is 6.07. The number of hydrogen-bond acceptors (Lipinski definition) is 5. The molecule has 0 atom stereocenters. The summed E-state index contributed by atoms with van der Waals surface area (Å²) in [6, 6.07) is 13.9. The van der Waals surface area contributed by atoms with Crippen LogP contribution in [-0.2, 0) is 14.8 Å². The van der Waals surface area contributed by atoms with Crippen molar-refractivity contribution in [2.45, 2.75) is 11.8 Å². The van der Waals surface area contributed by atoms with Crippen LogP contribution in [0.2, 0.25) is 0 Å². The van der Waals surface area contributed by atoms with E-state index in [1.165, 1.54) is 3.97 Å². The summed E-state index contributed by atoms with van der Waals surface area (Å²) in [4.78, 5) is 12.6. The Labute approximate surface area is 166 Å². The molecule has 2 aromatic carbocycles. The number of para-hydroxylation sites is 1. The molecular formula is C19H14N2O3S3. The highest BCUT2D eigenvalue weighted by atomic mass is 32.2. The normalized spacial score (nSPS) is 16.3. The maximum Gasteiger partial charge on any atom is 0.268 e. The van der Waals surface area contributed by atoms with E-state index in [1.54, 1.807) is 48.7 Å². The number of nitrogens with zero attached hydrogens (tertiary/aromatic N) is 1. The molecule has 1 aliphatic heterocycles. The first-order valence-corrected chi connectivity index (χ1v) is 10.7. The van der Waals surface area contributed by atoms with Crippen molar-refractivity contribution in [1.29, 1.82) is 0 Å². The highest BCUT2D eigenvalue weighted by molar-refractivity contribution is 8.26. The zero-order valence-corrected chi connectivity index (χ0v) is 16.6. The van der Waals surface area contributed by atoms with Crippen LogP contribution >= 0.6 is 24.0 Å². The Morgan fingerprint density at radius 1 is 1.11 bits per heavy atom. The molecule has 8 heteroatoms. The van der Waals surface area contributed by atoms with Gasteiger partial charge in [0.05, 0.1) is 15.3 Å². The van der Waals surface area contributed by atoms with Gasteiger partial charge < -0.3 is 5.32 Å². The number of carbonyl (C=O) groups excluding carboxylic acids is 1. The Morgan fingerprint density at radius 2 is 1.81 bits per heavy atom. The number of benzene rings is 2. The number of fused-ring (bicyclic) bond motifs is 1. The molecule has 1 saturated heterocycles. The number of rotatable bonds is 3. The Bertz CT molecular complexity index is 1220. The van der Waals surface area contributed by atoms with Gasteiger partial charge in [-0.3, -0.25) is 4.79 Å². The number of amides is 1. The number of thioether (sulfide) groups is 1. The molecule has 1 aromatic heterocycles. The number of thiocarbonyl (C=S) groups is 1. The summed E-state index contributed by atoms with van der Waals surface area (Å²) in [6.07, 6.45) is 3.21. The molecule has 0 unspecified atom stereocenters. The van der Waals surface area contributed by atoms with Gasteiger partial charge in [-0.1, -0.05) is 59.9 Å². The van der Waals surface area contributed by atoms with Gasteiger partial charge in [0.2, 0.25) is 0 Å². The molecule has 1 N–H and O–H groups in total. The van der Waals surface area contributed by atoms with Gasteiger partial charge in [0.1, 0.15) is 4.32 Å². The predicted molar refractivity (Wildman–Crippen MR) is 112 cm³/mol. The summed E-state index contributed by atoms with van der Waals surface area (Å²) < 4.78 is 28.0. The van der Waals surface area contributed by atoms with Crippen LogP contribution in [0.4, 0.5) is 0 Å². The minimum atomic E-state index is -3.77. The van der Waals surface area contributed by atoms with E-state index in [2.05, 4.69) is 5.32 Å². The van der Waals surface area contributed by atoms with E-state index in [1.807, 2.05) is 19.1 Å². The number of carbonyl (C=O) groups is 1. The molecule has 0 spiro atoms. The summed E-state index contributed by atoms with van der Waals surface area (Å²) in [6.45, 7) is 1.90. The van der Waals surface area contributed by atoms with Crippen molar-refractivity contribution in [1.82, 2.24) is 9.29 Å². The lowest BCUT2D eigenvalue weighted by Gasteiger charge is -2.07. The van der Waals surface area contributed by atoms with Crippen molar-refractivity contribution < 1.29 is 13.2 Å². The lowest BCUT2D eigenvalue weighted by Crippen LogP contribution is -2.17. The van der Waals surface area contributed by atoms with Crippen molar-refractivity contribution in [3.8, 4) is 0 Å². The van der Waals surface area contributed by atoms with Crippen LogP contribution in [-0.4, -0.2) is 22.6 Å². The van der Waals surface area contributed by atoms with E-state index < -0.39 is 10.0 Å². The molecule has 5 nitrogen and oxygen atoms in total. The van der Waals surface area contributed by atoms with Gasteiger partial charge in [-0.25, -0.2) is 12.4 Å². The zero-order chi connectivity index (χ0) is 19.2. The highest BCUT2D eigenvalue weighted by Crippen LogP contribution is 2.31. The van der Waals surface area contributed by atoms with E-state index in [4.69, 9.17) is 12.2 Å². The molecule has 0 radical (unpaired) electrons. The van der Waals surface area contributed by atoms with Crippen LogP contribution in [0.15, 0.2) is 64.5 Å². The van der Waals surface area contributed by atoms with Gasteiger partial charge in [-0.15, -0.1) is 0 Å². The van der Waals surface area contributed by atoms with Gasteiger partial charge in [-0.05, 0) is 31.2 Å². The predicted octanol–water partition coefficient (Wildman–Crippen LogP) is 3.68. The third-order valence-corrected chi connectivity index (χ3v) is 7.07. The Hall–Kier alpha value is -2.42. The van der Waals surface area contributed by atoms with Crippen LogP contribution < -0.4 is 5.32 Å². The lowest BCUT2D eigenvalue weighted by atomic mass is 10.1. The second kappa shape index (κ2) is 6.63. The highest BCUT2D eigenvalue weighted by Gasteiger charge is 2.24. The molecule has 4 rings (SSSR count). The summed E-state index contributed by atoms with van der Waals surface area (Å²) in [5, 5.41) is 3.31. The Balaban J connectivity index is 1.90. The van der Waals surface area contributed by atoms with Crippen molar-refractivity contribution >= 4 is 61.2 Å². The smallest absolute Gasteiger partial charge is 0.268 e. The van der Waals surface area contributed by atoms with E-state index in [-0.39, 0.29) is 10.8 Å². The summed E-state index contributed by atoms with van der Waals surface area (Å²) in [5.41, 5.74) is 2.18. The topological polar surface area (TPSA) is 68.2 Å². The average molecular weight is 415 g/mol. The molecular weight excluding hydrogens is 400 g/mol. The van der Waals surface area contributed by atoms with Gasteiger partial charge in [0.15, 0.2) is 0 Å².